The first-order valence-electron chi connectivity index (χ1n) is 7.76. The van der Waals surface area contributed by atoms with E-state index in [1.807, 2.05) is 49.4 Å². The molecule has 0 radical (unpaired) electrons. The van der Waals surface area contributed by atoms with Gasteiger partial charge in [0, 0.05) is 18.0 Å². The van der Waals surface area contributed by atoms with Crippen LogP contribution in [0.25, 0.3) is 0 Å². The van der Waals surface area contributed by atoms with Crippen LogP contribution in [-0.2, 0) is 0 Å². The van der Waals surface area contributed by atoms with Crippen LogP contribution in [0.5, 0.6) is 11.5 Å². The number of benzene rings is 2. The van der Waals surface area contributed by atoms with Crippen LogP contribution in [0.15, 0.2) is 79.1 Å². The number of carbonyl (C=O) groups is 1. The number of pyridine rings is 1. The molecule has 1 atom stereocenters. The molecule has 0 aliphatic heterocycles. The molecule has 1 aromatic heterocycles. The molecular weight excluding hydrogens is 300 g/mol. The number of nitrogens with one attached hydrogen (secondary N) is 1. The molecular formula is C20H18N2O2. The van der Waals surface area contributed by atoms with E-state index in [0.29, 0.717) is 11.3 Å². The summed E-state index contributed by atoms with van der Waals surface area (Å²) in [6.45, 7) is 1.94. The molecule has 0 saturated heterocycles. The Labute approximate surface area is 141 Å². The summed E-state index contributed by atoms with van der Waals surface area (Å²) < 4.78 is 5.72. The maximum atomic E-state index is 12.3. The van der Waals surface area contributed by atoms with Gasteiger partial charge in [0.1, 0.15) is 11.5 Å². The van der Waals surface area contributed by atoms with Crippen LogP contribution in [0.1, 0.15) is 28.9 Å². The van der Waals surface area contributed by atoms with Crippen LogP contribution in [0.2, 0.25) is 0 Å². The standard InChI is InChI=1S/C20H18N2O2/c1-15(16-11-13-21-14-12-16)22-20(23)17-7-9-19(10-8-17)24-18-5-3-2-4-6-18/h2-15H,1H3,(H,22,23). The topological polar surface area (TPSA) is 51.2 Å². The number of aromatic nitrogens is 1. The summed E-state index contributed by atoms with van der Waals surface area (Å²) in [7, 11) is 0. The van der Waals surface area contributed by atoms with E-state index in [1.54, 1.807) is 36.7 Å². The molecule has 1 heterocycles. The van der Waals surface area contributed by atoms with E-state index in [0.717, 1.165) is 11.3 Å². The highest BCUT2D eigenvalue weighted by atomic mass is 16.5. The maximum Gasteiger partial charge on any atom is 0.251 e. The van der Waals surface area contributed by atoms with E-state index >= 15 is 0 Å². The van der Waals surface area contributed by atoms with Gasteiger partial charge in [0.25, 0.3) is 5.91 Å². The highest BCUT2D eigenvalue weighted by Crippen LogP contribution is 2.21. The summed E-state index contributed by atoms with van der Waals surface area (Å²) >= 11 is 0. The Balaban J connectivity index is 1.63. The van der Waals surface area contributed by atoms with E-state index in [1.165, 1.54) is 0 Å². The second-order valence-corrected chi connectivity index (χ2v) is 5.42. The summed E-state index contributed by atoms with van der Waals surface area (Å²) in [5.41, 5.74) is 1.61. The monoisotopic (exact) mass is 318 g/mol. The molecule has 0 spiro atoms. The van der Waals surface area contributed by atoms with Gasteiger partial charge in [0.2, 0.25) is 0 Å². The van der Waals surface area contributed by atoms with Crippen LogP contribution < -0.4 is 10.1 Å². The van der Waals surface area contributed by atoms with Gasteiger partial charge in [-0.2, -0.15) is 0 Å². The lowest BCUT2D eigenvalue weighted by Gasteiger charge is -2.14. The summed E-state index contributed by atoms with van der Waals surface area (Å²) in [4.78, 5) is 16.3. The zero-order valence-corrected chi connectivity index (χ0v) is 13.3. The van der Waals surface area contributed by atoms with Crippen molar-refractivity contribution in [1.29, 1.82) is 0 Å². The number of carbonyl (C=O) groups excluding carboxylic acids is 1. The Morgan fingerprint density at radius 2 is 1.54 bits per heavy atom. The van der Waals surface area contributed by atoms with Gasteiger partial charge in [0.15, 0.2) is 0 Å². The van der Waals surface area contributed by atoms with E-state index < -0.39 is 0 Å². The second kappa shape index (κ2) is 7.42. The van der Waals surface area contributed by atoms with Gasteiger partial charge < -0.3 is 10.1 Å². The normalized spacial score (nSPS) is 11.5. The van der Waals surface area contributed by atoms with Crippen molar-refractivity contribution in [3.63, 3.8) is 0 Å². The van der Waals surface area contributed by atoms with Crippen molar-refractivity contribution in [2.45, 2.75) is 13.0 Å². The molecule has 24 heavy (non-hydrogen) atoms. The molecule has 2 aromatic carbocycles. The minimum Gasteiger partial charge on any atom is -0.457 e. The third-order valence-electron chi connectivity index (χ3n) is 3.65. The molecule has 1 N–H and O–H groups in total. The van der Waals surface area contributed by atoms with Crippen molar-refractivity contribution in [3.8, 4) is 11.5 Å². The molecule has 0 saturated carbocycles. The number of hydrogen-bond donors (Lipinski definition) is 1. The first-order valence-corrected chi connectivity index (χ1v) is 7.76. The van der Waals surface area contributed by atoms with Gasteiger partial charge in [0.05, 0.1) is 6.04 Å². The first kappa shape index (κ1) is 15.7. The van der Waals surface area contributed by atoms with Crippen molar-refractivity contribution in [2.24, 2.45) is 0 Å². The third-order valence-corrected chi connectivity index (χ3v) is 3.65. The van der Waals surface area contributed by atoms with Crippen molar-refractivity contribution in [3.05, 3.63) is 90.3 Å². The lowest BCUT2D eigenvalue weighted by atomic mass is 10.1. The van der Waals surface area contributed by atoms with Crippen LogP contribution >= 0.6 is 0 Å². The fourth-order valence-corrected chi connectivity index (χ4v) is 2.31. The van der Waals surface area contributed by atoms with Gasteiger partial charge in [-0.3, -0.25) is 9.78 Å². The van der Waals surface area contributed by atoms with Crippen LogP contribution in [0.3, 0.4) is 0 Å². The van der Waals surface area contributed by atoms with Gasteiger partial charge in [-0.05, 0) is 61.0 Å². The lowest BCUT2D eigenvalue weighted by Crippen LogP contribution is -2.26. The number of rotatable bonds is 5. The predicted octanol–water partition coefficient (Wildman–Crippen LogP) is 4.36. The Hall–Kier alpha value is -3.14. The van der Waals surface area contributed by atoms with Crippen molar-refractivity contribution < 1.29 is 9.53 Å². The van der Waals surface area contributed by atoms with Gasteiger partial charge in [-0.1, -0.05) is 18.2 Å². The highest BCUT2D eigenvalue weighted by Gasteiger charge is 2.11. The molecule has 120 valence electrons. The fourth-order valence-electron chi connectivity index (χ4n) is 2.31. The number of nitrogens with zero attached hydrogens (tertiary/aromatic N) is 1. The SMILES string of the molecule is CC(NC(=O)c1ccc(Oc2ccccc2)cc1)c1ccncc1. The lowest BCUT2D eigenvalue weighted by molar-refractivity contribution is 0.0940. The average Bonchev–Trinajstić information content (AvgIpc) is 2.64. The maximum absolute atomic E-state index is 12.3. The zero-order valence-electron chi connectivity index (χ0n) is 13.3. The van der Waals surface area contributed by atoms with Crippen LogP contribution in [0, 0.1) is 0 Å². The molecule has 4 heteroatoms. The zero-order chi connectivity index (χ0) is 16.8. The molecule has 4 nitrogen and oxygen atoms in total. The number of amides is 1. The van der Waals surface area contributed by atoms with Crippen molar-refractivity contribution in [1.82, 2.24) is 10.3 Å². The largest absolute Gasteiger partial charge is 0.457 e. The first-order chi connectivity index (χ1) is 11.7. The summed E-state index contributed by atoms with van der Waals surface area (Å²) in [6.07, 6.45) is 3.43. The summed E-state index contributed by atoms with van der Waals surface area (Å²) in [5.74, 6) is 1.34. The van der Waals surface area contributed by atoms with Crippen molar-refractivity contribution in [2.75, 3.05) is 0 Å². The van der Waals surface area contributed by atoms with Crippen molar-refractivity contribution >= 4 is 5.91 Å². The molecule has 0 aliphatic carbocycles. The predicted molar refractivity (Wildman–Crippen MR) is 93.1 cm³/mol. The number of hydrogen-bond acceptors (Lipinski definition) is 3. The van der Waals surface area contributed by atoms with Crippen LogP contribution in [0.4, 0.5) is 0 Å². The van der Waals surface area contributed by atoms with Gasteiger partial charge in [-0.15, -0.1) is 0 Å². The van der Waals surface area contributed by atoms with E-state index in [4.69, 9.17) is 4.74 Å². The second-order valence-electron chi connectivity index (χ2n) is 5.42. The summed E-state index contributed by atoms with van der Waals surface area (Å²) in [5, 5.41) is 2.97. The smallest absolute Gasteiger partial charge is 0.251 e. The Bertz CT molecular complexity index is 787. The summed E-state index contributed by atoms with van der Waals surface area (Å²) in [6, 6.07) is 20.3. The Morgan fingerprint density at radius 3 is 2.21 bits per heavy atom. The van der Waals surface area contributed by atoms with Crippen LogP contribution in [-0.4, -0.2) is 10.9 Å². The Kier molecular flexibility index (Phi) is 4.87. The minimum absolute atomic E-state index is 0.0826. The molecule has 0 fully saturated rings. The average molecular weight is 318 g/mol. The molecule has 0 bridgehead atoms. The molecule has 1 unspecified atom stereocenters. The highest BCUT2D eigenvalue weighted by molar-refractivity contribution is 5.94. The molecule has 3 rings (SSSR count). The van der Waals surface area contributed by atoms with E-state index in [9.17, 15) is 4.79 Å². The Morgan fingerprint density at radius 1 is 0.917 bits per heavy atom. The third kappa shape index (κ3) is 3.98. The van der Waals surface area contributed by atoms with Gasteiger partial charge >= 0.3 is 0 Å². The van der Waals surface area contributed by atoms with Gasteiger partial charge in [-0.25, -0.2) is 0 Å². The fraction of sp³-hybridized carbons (Fsp3) is 0.100. The minimum atomic E-state index is -0.120. The number of ether oxygens (including phenoxy) is 1. The molecule has 0 aliphatic rings. The van der Waals surface area contributed by atoms with E-state index in [-0.39, 0.29) is 11.9 Å². The quantitative estimate of drug-likeness (QED) is 0.760. The van der Waals surface area contributed by atoms with E-state index in [2.05, 4.69) is 10.3 Å². The molecule has 1 amide bonds. The number of para-hydroxylation sites is 1. The molecule has 3 aromatic rings.